The van der Waals surface area contributed by atoms with E-state index in [0.29, 0.717) is 0 Å². The lowest BCUT2D eigenvalue weighted by atomic mass is 9.74. The van der Waals surface area contributed by atoms with Gasteiger partial charge in [-0.1, -0.05) is 0 Å². The van der Waals surface area contributed by atoms with E-state index in [1.54, 1.807) is 6.07 Å². The smallest absolute Gasteiger partial charge is 0.324 e. The number of halogens is 2. The van der Waals surface area contributed by atoms with Crippen LogP contribution in [0.1, 0.15) is 25.7 Å². The summed E-state index contributed by atoms with van der Waals surface area (Å²) in [5.41, 5.74) is -1.58. The molecule has 0 aromatic carbocycles. The maximum absolute atomic E-state index is 12.6. The first-order valence-corrected chi connectivity index (χ1v) is 3.94. The van der Waals surface area contributed by atoms with E-state index >= 15 is 0 Å². The van der Waals surface area contributed by atoms with E-state index in [0.717, 1.165) is 0 Å². The molecular formula is C8H9F2NO2. The molecule has 0 saturated heterocycles. The van der Waals surface area contributed by atoms with Crippen molar-refractivity contribution in [3.8, 4) is 6.07 Å². The van der Waals surface area contributed by atoms with Gasteiger partial charge in [-0.25, -0.2) is 8.78 Å². The van der Waals surface area contributed by atoms with E-state index in [9.17, 15) is 13.6 Å². The number of nitriles is 1. The van der Waals surface area contributed by atoms with Gasteiger partial charge in [0.05, 0.1) is 6.07 Å². The molecule has 0 aromatic rings. The molecule has 1 saturated carbocycles. The SMILES string of the molecule is N#CC1(C(=O)O)CCC(F)(F)CC1. The molecule has 0 atom stereocenters. The summed E-state index contributed by atoms with van der Waals surface area (Å²) in [5.74, 6) is -4.08. The fourth-order valence-corrected chi connectivity index (χ4v) is 1.42. The lowest BCUT2D eigenvalue weighted by Crippen LogP contribution is -2.38. The van der Waals surface area contributed by atoms with Crippen LogP contribution in [-0.4, -0.2) is 17.0 Å². The van der Waals surface area contributed by atoms with Crippen LogP contribution in [0.4, 0.5) is 8.78 Å². The van der Waals surface area contributed by atoms with Gasteiger partial charge in [0.25, 0.3) is 0 Å². The van der Waals surface area contributed by atoms with Crippen molar-refractivity contribution in [1.29, 1.82) is 5.26 Å². The first-order chi connectivity index (χ1) is 5.92. The average Bonchev–Trinajstić information content (AvgIpc) is 2.05. The number of carboxylic acids is 1. The van der Waals surface area contributed by atoms with Crippen LogP contribution in [-0.2, 0) is 4.79 Å². The molecule has 3 nitrogen and oxygen atoms in total. The van der Waals surface area contributed by atoms with E-state index in [1.807, 2.05) is 0 Å². The molecule has 13 heavy (non-hydrogen) atoms. The van der Waals surface area contributed by atoms with Gasteiger partial charge in [-0.2, -0.15) is 5.26 Å². The standard InChI is InChI=1S/C8H9F2NO2/c9-8(10)3-1-7(5-11,2-4-8)6(12)13/h1-4H2,(H,12,13). The number of carboxylic acid groups (broad SMARTS) is 1. The zero-order valence-electron chi connectivity index (χ0n) is 6.89. The molecule has 1 aliphatic rings. The zero-order chi connectivity index (χ0) is 10.1. The quantitative estimate of drug-likeness (QED) is 0.684. The first-order valence-electron chi connectivity index (χ1n) is 3.94. The highest BCUT2D eigenvalue weighted by atomic mass is 19.3. The van der Waals surface area contributed by atoms with Crippen LogP contribution >= 0.6 is 0 Å². The number of rotatable bonds is 1. The molecule has 1 aliphatic carbocycles. The van der Waals surface area contributed by atoms with E-state index in [-0.39, 0.29) is 12.8 Å². The highest BCUT2D eigenvalue weighted by molar-refractivity contribution is 5.78. The van der Waals surface area contributed by atoms with Crippen LogP contribution < -0.4 is 0 Å². The normalized spacial score (nSPS) is 24.7. The molecule has 72 valence electrons. The first kappa shape index (κ1) is 9.90. The third-order valence-corrected chi connectivity index (χ3v) is 2.46. The second-order valence-electron chi connectivity index (χ2n) is 3.36. The van der Waals surface area contributed by atoms with Crippen LogP contribution in [0.3, 0.4) is 0 Å². The molecule has 0 aromatic heterocycles. The number of carbonyl (C=O) groups is 1. The van der Waals surface area contributed by atoms with E-state index in [1.165, 1.54) is 0 Å². The van der Waals surface area contributed by atoms with Crippen molar-refractivity contribution in [3.05, 3.63) is 0 Å². The lowest BCUT2D eigenvalue weighted by molar-refractivity contribution is -0.151. The van der Waals surface area contributed by atoms with Crippen molar-refractivity contribution in [2.45, 2.75) is 31.6 Å². The molecule has 0 aliphatic heterocycles. The third kappa shape index (κ3) is 1.77. The fourth-order valence-electron chi connectivity index (χ4n) is 1.42. The van der Waals surface area contributed by atoms with Gasteiger partial charge >= 0.3 is 5.97 Å². The van der Waals surface area contributed by atoms with Gasteiger partial charge in [0.2, 0.25) is 5.92 Å². The van der Waals surface area contributed by atoms with Crippen molar-refractivity contribution in [3.63, 3.8) is 0 Å². The molecule has 1 rings (SSSR count). The van der Waals surface area contributed by atoms with Gasteiger partial charge in [0.15, 0.2) is 5.41 Å². The Morgan fingerprint density at radius 2 is 1.77 bits per heavy atom. The third-order valence-electron chi connectivity index (χ3n) is 2.46. The largest absolute Gasteiger partial charge is 0.480 e. The summed E-state index contributed by atoms with van der Waals surface area (Å²) in [4.78, 5) is 10.7. The minimum absolute atomic E-state index is 0.258. The molecular weight excluding hydrogens is 180 g/mol. The van der Waals surface area contributed by atoms with E-state index in [4.69, 9.17) is 10.4 Å². The molecule has 1 N–H and O–H groups in total. The summed E-state index contributed by atoms with van der Waals surface area (Å²) < 4.78 is 25.3. The monoisotopic (exact) mass is 189 g/mol. The summed E-state index contributed by atoms with van der Waals surface area (Å²) in [6.45, 7) is 0. The van der Waals surface area contributed by atoms with Crippen molar-refractivity contribution >= 4 is 5.97 Å². The Morgan fingerprint density at radius 3 is 2.08 bits per heavy atom. The number of aliphatic carboxylic acids is 1. The maximum atomic E-state index is 12.6. The minimum Gasteiger partial charge on any atom is -0.480 e. The Kier molecular flexibility index (Phi) is 2.24. The van der Waals surface area contributed by atoms with Crippen LogP contribution in [0.25, 0.3) is 0 Å². The summed E-state index contributed by atoms with van der Waals surface area (Å²) >= 11 is 0. The van der Waals surface area contributed by atoms with E-state index < -0.39 is 30.1 Å². The Morgan fingerprint density at radius 1 is 1.31 bits per heavy atom. The maximum Gasteiger partial charge on any atom is 0.324 e. The Bertz CT molecular complexity index is 260. The number of nitrogens with zero attached hydrogens (tertiary/aromatic N) is 1. The van der Waals surface area contributed by atoms with Crippen molar-refractivity contribution in [2.24, 2.45) is 5.41 Å². The number of hydrogen-bond donors (Lipinski definition) is 1. The molecule has 0 bridgehead atoms. The van der Waals surface area contributed by atoms with E-state index in [2.05, 4.69) is 0 Å². The molecule has 0 spiro atoms. The Labute approximate surface area is 74.0 Å². The van der Waals surface area contributed by atoms with Gasteiger partial charge in [-0.3, -0.25) is 4.79 Å². The molecule has 5 heteroatoms. The van der Waals surface area contributed by atoms with Crippen LogP contribution in [0.2, 0.25) is 0 Å². The second-order valence-corrected chi connectivity index (χ2v) is 3.36. The molecule has 1 fully saturated rings. The minimum atomic E-state index is -2.80. The average molecular weight is 189 g/mol. The van der Waals surface area contributed by atoms with Crippen LogP contribution in [0.15, 0.2) is 0 Å². The number of hydrogen-bond acceptors (Lipinski definition) is 2. The molecule has 0 heterocycles. The fraction of sp³-hybridized carbons (Fsp3) is 0.750. The topological polar surface area (TPSA) is 61.1 Å². The van der Waals surface area contributed by atoms with Crippen molar-refractivity contribution < 1.29 is 18.7 Å². The van der Waals surface area contributed by atoms with Crippen LogP contribution in [0.5, 0.6) is 0 Å². The van der Waals surface area contributed by atoms with Gasteiger partial charge in [-0.15, -0.1) is 0 Å². The predicted molar refractivity (Wildman–Crippen MR) is 39.1 cm³/mol. The van der Waals surface area contributed by atoms with Crippen molar-refractivity contribution in [2.75, 3.05) is 0 Å². The molecule has 0 unspecified atom stereocenters. The Balaban J connectivity index is 2.77. The van der Waals surface area contributed by atoms with Crippen molar-refractivity contribution in [1.82, 2.24) is 0 Å². The highest BCUT2D eigenvalue weighted by Crippen LogP contribution is 2.43. The van der Waals surface area contributed by atoms with Gasteiger partial charge < -0.3 is 5.11 Å². The predicted octanol–water partition coefficient (Wildman–Crippen LogP) is 1.79. The summed E-state index contributed by atoms with van der Waals surface area (Å²) in [6, 6.07) is 1.62. The number of alkyl halides is 2. The van der Waals surface area contributed by atoms with Gasteiger partial charge in [0, 0.05) is 12.8 Å². The summed E-state index contributed by atoms with van der Waals surface area (Å²) in [6.07, 6.45) is -1.53. The highest BCUT2D eigenvalue weighted by Gasteiger charge is 2.48. The van der Waals surface area contributed by atoms with Crippen LogP contribution in [0, 0.1) is 16.7 Å². The zero-order valence-corrected chi connectivity index (χ0v) is 6.89. The molecule has 0 radical (unpaired) electrons. The second kappa shape index (κ2) is 2.95. The summed E-state index contributed by atoms with van der Waals surface area (Å²) in [5, 5.41) is 17.3. The lowest BCUT2D eigenvalue weighted by Gasteiger charge is -2.31. The Hall–Kier alpha value is -1.18. The molecule has 0 amide bonds. The van der Waals surface area contributed by atoms with Gasteiger partial charge in [0.1, 0.15) is 0 Å². The van der Waals surface area contributed by atoms with Gasteiger partial charge in [-0.05, 0) is 12.8 Å². The summed E-state index contributed by atoms with van der Waals surface area (Å²) in [7, 11) is 0.